The summed E-state index contributed by atoms with van der Waals surface area (Å²) < 4.78 is 1.72. The van der Waals surface area contributed by atoms with Gasteiger partial charge in [0, 0.05) is 49.8 Å². The van der Waals surface area contributed by atoms with Crippen molar-refractivity contribution in [3.63, 3.8) is 0 Å². The number of β-amino-alcohol motifs (C(OH)–C–C–N with tert-alkyl or cyclic N) is 1. The fourth-order valence-corrected chi connectivity index (χ4v) is 4.62. The maximum atomic E-state index is 13.1. The Morgan fingerprint density at radius 2 is 2.00 bits per heavy atom. The van der Waals surface area contributed by atoms with Crippen LogP contribution < -0.4 is 5.56 Å². The summed E-state index contributed by atoms with van der Waals surface area (Å²) in [5.74, 6) is 0.0772. The van der Waals surface area contributed by atoms with Crippen molar-refractivity contribution in [3.8, 4) is 5.75 Å². The normalized spacial score (nSPS) is 17.5. The maximum absolute atomic E-state index is 13.1. The Balaban J connectivity index is 2.01. The molecular formula is C19H27N3O3S. The topological polar surface area (TPSA) is 68.9 Å². The molecule has 2 aromatic heterocycles. The highest BCUT2D eigenvalue weighted by Gasteiger charge is 2.31. The number of rotatable bonds is 6. The Hall–Kier alpha value is -1.67. The van der Waals surface area contributed by atoms with Crippen molar-refractivity contribution in [2.24, 2.45) is 0 Å². The second kappa shape index (κ2) is 8.35. The van der Waals surface area contributed by atoms with E-state index in [4.69, 9.17) is 5.11 Å². The number of pyridine rings is 1. The van der Waals surface area contributed by atoms with E-state index in [1.807, 2.05) is 31.4 Å². The summed E-state index contributed by atoms with van der Waals surface area (Å²) in [7, 11) is 0. The van der Waals surface area contributed by atoms with Crippen LogP contribution in [-0.2, 0) is 6.54 Å². The van der Waals surface area contributed by atoms with Crippen LogP contribution in [0, 0.1) is 6.92 Å². The molecule has 1 aliphatic rings. The van der Waals surface area contributed by atoms with Gasteiger partial charge in [-0.05, 0) is 31.4 Å². The molecule has 3 rings (SSSR count). The second-order valence-electron chi connectivity index (χ2n) is 6.65. The van der Waals surface area contributed by atoms with Crippen LogP contribution in [0.15, 0.2) is 28.4 Å². The first-order valence-electron chi connectivity index (χ1n) is 9.10. The van der Waals surface area contributed by atoms with E-state index in [9.17, 15) is 9.90 Å². The largest absolute Gasteiger partial charge is 0.507 e. The molecule has 3 heterocycles. The zero-order valence-electron chi connectivity index (χ0n) is 15.4. The van der Waals surface area contributed by atoms with E-state index >= 15 is 0 Å². The van der Waals surface area contributed by atoms with E-state index in [-0.39, 0.29) is 24.0 Å². The average molecular weight is 378 g/mol. The summed E-state index contributed by atoms with van der Waals surface area (Å²) in [6.45, 7) is 8.49. The van der Waals surface area contributed by atoms with Crippen molar-refractivity contribution < 1.29 is 10.2 Å². The molecule has 0 bridgehead atoms. The summed E-state index contributed by atoms with van der Waals surface area (Å²) in [4.78, 5) is 18.7. The number of hydrogen-bond donors (Lipinski definition) is 2. The minimum absolute atomic E-state index is 0.0772. The summed E-state index contributed by atoms with van der Waals surface area (Å²) in [6.07, 6.45) is 0. The first-order chi connectivity index (χ1) is 12.6. The second-order valence-corrected chi connectivity index (χ2v) is 7.63. The molecule has 0 aromatic carbocycles. The van der Waals surface area contributed by atoms with Gasteiger partial charge in [-0.3, -0.25) is 14.6 Å². The summed E-state index contributed by atoms with van der Waals surface area (Å²) in [5, 5.41) is 21.8. The fraction of sp³-hybridized carbons (Fsp3) is 0.526. The van der Waals surface area contributed by atoms with Gasteiger partial charge in [0.1, 0.15) is 5.75 Å². The van der Waals surface area contributed by atoms with Gasteiger partial charge in [0.05, 0.1) is 18.2 Å². The smallest absolute Gasteiger partial charge is 0.259 e. The molecule has 142 valence electrons. The molecule has 1 fully saturated rings. The van der Waals surface area contributed by atoms with Gasteiger partial charge in [0.15, 0.2) is 0 Å². The van der Waals surface area contributed by atoms with E-state index < -0.39 is 0 Å². The number of hydrogen-bond acceptors (Lipinski definition) is 6. The maximum Gasteiger partial charge on any atom is 0.259 e. The summed E-state index contributed by atoms with van der Waals surface area (Å²) in [5.41, 5.74) is 1.13. The van der Waals surface area contributed by atoms with Crippen molar-refractivity contribution >= 4 is 11.3 Å². The van der Waals surface area contributed by atoms with Gasteiger partial charge in [-0.25, -0.2) is 0 Å². The first-order valence-corrected chi connectivity index (χ1v) is 9.98. The molecule has 2 aromatic rings. The summed E-state index contributed by atoms with van der Waals surface area (Å²) in [6, 6.07) is 5.48. The minimum atomic E-state index is -0.239. The minimum Gasteiger partial charge on any atom is -0.507 e. The van der Waals surface area contributed by atoms with Crippen molar-refractivity contribution in [2.45, 2.75) is 26.4 Å². The van der Waals surface area contributed by atoms with E-state index in [1.54, 1.807) is 22.0 Å². The number of aryl methyl sites for hydroxylation is 1. The molecular weight excluding hydrogens is 350 g/mol. The molecule has 0 saturated carbocycles. The number of aromatic hydroxyl groups is 1. The number of thiophene rings is 1. The lowest BCUT2D eigenvalue weighted by atomic mass is 10.0. The van der Waals surface area contributed by atoms with Crippen LogP contribution in [-0.4, -0.2) is 63.9 Å². The molecule has 0 aliphatic carbocycles. The van der Waals surface area contributed by atoms with Crippen molar-refractivity contribution in [1.29, 1.82) is 0 Å². The van der Waals surface area contributed by atoms with Gasteiger partial charge >= 0.3 is 0 Å². The quantitative estimate of drug-likeness (QED) is 0.801. The zero-order chi connectivity index (χ0) is 18.7. The SMILES string of the molecule is CCn1c(C)cc(O)c([C@@H](c2cccs2)N2CCN(CCO)CC2)c1=O. The monoisotopic (exact) mass is 377 g/mol. The number of piperazine rings is 1. The van der Waals surface area contributed by atoms with Crippen LogP contribution in [0.25, 0.3) is 0 Å². The van der Waals surface area contributed by atoms with Crippen LogP contribution in [0.4, 0.5) is 0 Å². The van der Waals surface area contributed by atoms with Crippen LogP contribution in [0.5, 0.6) is 5.75 Å². The van der Waals surface area contributed by atoms with Gasteiger partial charge < -0.3 is 14.8 Å². The first kappa shape index (κ1) is 19.1. The van der Waals surface area contributed by atoms with Crippen LogP contribution in [0.2, 0.25) is 0 Å². The third kappa shape index (κ3) is 3.71. The predicted octanol–water partition coefficient (Wildman–Crippen LogP) is 1.64. The van der Waals surface area contributed by atoms with E-state index in [2.05, 4.69) is 9.80 Å². The number of nitrogens with zero attached hydrogens (tertiary/aromatic N) is 3. The lowest BCUT2D eigenvalue weighted by Crippen LogP contribution is -2.49. The van der Waals surface area contributed by atoms with Gasteiger partial charge in [-0.2, -0.15) is 0 Å². The van der Waals surface area contributed by atoms with Crippen molar-refractivity contribution in [2.75, 3.05) is 39.3 Å². The van der Waals surface area contributed by atoms with Gasteiger partial charge in [-0.1, -0.05) is 6.07 Å². The molecule has 6 nitrogen and oxygen atoms in total. The van der Waals surface area contributed by atoms with Gasteiger partial charge in [-0.15, -0.1) is 11.3 Å². The van der Waals surface area contributed by atoms with Gasteiger partial charge in [0.25, 0.3) is 5.56 Å². The van der Waals surface area contributed by atoms with Crippen LogP contribution >= 0.6 is 11.3 Å². The van der Waals surface area contributed by atoms with Gasteiger partial charge in [0.2, 0.25) is 0 Å². The Morgan fingerprint density at radius 1 is 1.27 bits per heavy atom. The molecule has 0 amide bonds. The zero-order valence-corrected chi connectivity index (χ0v) is 16.2. The Morgan fingerprint density at radius 3 is 2.58 bits per heavy atom. The van der Waals surface area contributed by atoms with Crippen LogP contribution in [0.3, 0.4) is 0 Å². The standard InChI is InChI=1S/C19H27N3O3S/c1-3-22-14(2)13-15(24)17(19(22)25)18(16-5-4-12-26-16)21-8-6-20(7-9-21)10-11-23/h4-5,12-13,18,23-24H,3,6-11H2,1-2H3/t18-/m1/s1. The molecule has 1 aliphatic heterocycles. The van der Waals surface area contributed by atoms with Crippen LogP contribution in [0.1, 0.15) is 29.1 Å². The van der Waals surface area contributed by atoms with E-state index in [0.717, 1.165) is 36.8 Å². The highest BCUT2D eigenvalue weighted by molar-refractivity contribution is 7.10. The number of aliphatic hydroxyl groups excluding tert-OH is 1. The fourth-order valence-electron chi connectivity index (χ4n) is 3.76. The number of aliphatic hydroxyl groups is 1. The molecule has 2 N–H and O–H groups in total. The molecule has 26 heavy (non-hydrogen) atoms. The lowest BCUT2D eigenvalue weighted by Gasteiger charge is -2.39. The molecule has 0 radical (unpaired) electrons. The molecule has 1 saturated heterocycles. The van der Waals surface area contributed by atoms with E-state index in [1.165, 1.54) is 0 Å². The molecule has 1 atom stereocenters. The lowest BCUT2D eigenvalue weighted by molar-refractivity contribution is 0.0941. The van der Waals surface area contributed by atoms with Crippen molar-refractivity contribution in [3.05, 3.63) is 50.1 Å². The predicted molar refractivity (Wildman–Crippen MR) is 104 cm³/mol. The highest BCUT2D eigenvalue weighted by Crippen LogP contribution is 2.35. The highest BCUT2D eigenvalue weighted by atomic mass is 32.1. The van der Waals surface area contributed by atoms with Crippen molar-refractivity contribution in [1.82, 2.24) is 14.4 Å². The third-order valence-electron chi connectivity index (χ3n) is 5.11. The average Bonchev–Trinajstić information content (AvgIpc) is 3.14. The molecule has 0 spiro atoms. The Bertz CT molecular complexity index is 780. The summed E-state index contributed by atoms with van der Waals surface area (Å²) >= 11 is 1.61. The third-order valence-corrected chi connectivity index (χ3v) is 6.04. The Kier molecular flexibility index (Phi) is 6.13. The molecule has 7 heteroatoms. The number of aromatic nitrogens is 1. The molecule has 0 unspecified atom stereocenters. The Labute approximate surface area is 157 Å². The van der Waals surface area contributed by atoms with E-state index in [0.29, 0.717) is 18.7 Å².